The summed E-state index contributed by atoms with van der Waals surface area (Å²) in [6.07, 6.45) is 0.0630. The molecule has 1 heterocycles. The minimum Gasteiger partial charge on any atom is -0.493 e. The summed E-state index contributed by atoms with van der Waals surface area (Å²) in [5, 5.41) is 4.48. The van der Waals surface area contributed by atoms with Crippen LogP contribution < -0.4 is 10.1 Å². The zero-order valence-corrected chi connectivity index (χ0v) is 15.6. The van der Waals surface area contributed by atoms with Gasteiger partial charge in [0.2, 0.25) is 0 Å². The Morgan fingerprint density at radius 1 is 1.19 bits per heavy atom. The topological polar surface area (TPSA) is 81.7 Å². The van der Waals surface area contributed by atoms with Gasteiger partial charge in [-0.15, -0.1) is 11.3 Å². The maximum Gasteiger partial charge on any atom is 0.307 e. The van der Waals surface area contributed by atoms with Crippen LogP contribution in [0.2, 0.25) is 0 Å². The second kappa shape index (κ2) is 9.72. The average molecular weight is 375 g/mol. The fraction of sp³-hybridized carbons (Fsp3) is 0.316. The largest absolute Gasteiger partial charge is 0.493 e. The van der Waals surface area contributed by atoms with Gasteiger partial charge in [-0.25, -0.2) is 0 Å². The van der Waals surface area contributed by atoms with E-state index < -0.39 is 5.97 Å². The summed E-state index contributed by atoms with van der Waals surface area (Å²) < 4.78 is 10.7. The summed E-state index contributed by atoms with van der Waals surface area (Å²) in [6, 6.07) is 8.55. The first kappa shape index (κ1) is 19.7. The number of hydrogen-bond donors (Lipinski definition) is 1. The van der Waals surface area contributed by atoms with Crippen LogP contribution in [0.3, 0.4) is 0 Å². The summed E-state index contributed by atoms with van der Waals surface area (Å²) in [5.41, 5.74) is 1.17. The normalized spacial score (nSPS) is 10.2. The average Bonchev–Trinajstić information content (AvgIpc) is 3.15. The number of hydrogen-bond acceptors (Lipinski definition) is 6. The van der Waals surface area contributed by atoms with Gasteiger partial charge < -0.3 is 14.8 Å². The first-order chi connectivity index (χ1) is 12.5. The van der Waals surface area contributed by atoms with E-state index in [-0.39, 0.29) is 31.3 Å². The second-order valence-corrected chi connectivity index (χ2v) is 6.40. The second-order valence-electron chi connectivity index (χ2n) is 5.46. The fourth-order valence-corrected chi connectivity index (χ4v) is 2.85. The lowest BCUT2D eigenvalue weighted by atomic mass is 10.1. The van der Waals surface area contributed by atoms with E-state index in [1.807, 2.05) is 12.3 Å². The highest BCUT2D eigenvalue weighted by molar-refractivity contribution is 7.12. The van der Waals surface area contributed by atoms with Gasteiger partial charge in [0.15, 0.2) is 5.78 Å². The highest BCUT2D eigenvalue weighted by Crippen LogP contribution is 2.22. The monoisotopic (exact) mass is 375 g/mol. The van der Waals surface area contributed by atoms with Gasteiger partial charge in [0, 0.05) is 17.7 Å². The smallest absolute Gasteiger partial charge is 0.307 e. The highest BCUT2D eigenvalue weighted by atomic mass is 32.1. The maximum atomic E-state index is 11.9. The van der Waals surface area contributed by atoms with Crippen LogP contribution in [-0.4, -0.2) is 30.8 Å². The minimum absolute atomic E-state index is 0.00809. The molecule has 0 unspecified atom stereocenters. The van der Waals surface area contributed by atoms with E-state index >= 15 is 0 Å². The van der Waals surface area contributed by atoms with Crippen molar-refractivity contribution in [3.63, 3.8) is 0 Å². The zero-order chi connectivity index (χ0) is 18.9. The van der Waals surface area contributed by atoms with E-state index in [1.165, 1.54) is 18.3 Å². The molecule has 138 valence electrons. The first-order valence-corrected chi connectivity index (χ1v) is 9.13. The number of thiophene rings is 1. The van der Waals surface area contributed by atoms with E-state index in [2.05, 4.69) is 5.32 Å². The van der Waals surface area contributed by atoms with E-state index in [9.17, 15) is 14.4 Å². The standard InChI is InChI=1S/C19H21NO5S/c1-3-24-16-7-6-14(13(2)21)11-15(16)12-25-18(22)8-9-20-19(23)17-5-4-10-26-17/h4-7,10-11H,3,8-9,12H2,1-2H3,(H,20,23). The van der Waals surface area contributed by atoms with Crippen molar-refractivity contribution in [3.8, 4) is 5.75 Å². The van der Waals surface area contributed by atoms with Crippen molar-refractivity contribution < 1.29 is 23.9 Å². The highest BCUT2D eigenvalue weighted by Gasteiger charge is 2.12. The van der Waals surface area contributed by atoms with Gasteiger partial charge >= 0.3 is 5.97 Å². The summed E-state index contributed by atoms with van der Waals surface area (Å²) in [6.45, 7) is 4.00. The van der Waals surface area contributed by atoms with Crippen molar-refractivity contribution in [3.05, 3.63) is 51.7 Å². The molecule has 1 aromatic heterocycles. The number of rotatable bonds is 9. The first-order valence-electron chi connectivity index (χ1n) is 8.25. The number of nitrogens with one attached hydrogen (secondary N) is 1. The van der Waals surface area contributed by atoms with Gasteiger partial charge in [-0.05, 0) is 43.5 Å². The van der Waals surface area contributed by atoms with Gasteiger partial charge in [0.1, 0.15) is 12.4 Å². The van der Waals surface area contributed by atoms with Crippen LogP contribution in [0.1, 0.15) is 45.9 Å². The molecule has 0 fully saturated rings. The van der Waals surface area contributed by atoms with E-state index in [4.69, 9.17) is 9.47 Å². The Labute approximate surface area is 156 Å². The number of ether oxygens (including phenoxy) is 2. The van der Waals surface area contributed by atoms with Crippen LogP contribution in [-0.2, 0) is 16.1 Å². The molecule has 0 saturated carbocycles. The lowest BCUT2D eigenvalue weighted by Crippen LogP contribution is -2.25. The van der Waals surface area contributed by atoms with Crippen LogP contribution in [0, 0.1) is 0 Å². The number of carbonyl (C=O) groups excluding carboxylic acids is 3. The Bertz CT molecular complexity index is 770. The molecule has 0 spiro atoms. The van der Waals surface area contributed by atoms with Gasteiger partial charge in [-0.2, -0.15) is 0 Å². The maximum absolute atomic E-state index is 11.9. The quantitative estimate of drug-likeness (QED) is 0.538. The van der Waals surface area contributed by atoms with Crippen molar-refractivity contribution in [1.29, 1.82) is 0 Å². The van der Waals surface area contributed by atoms with Crippen molar-refractivity contribution in [2.45, 2.75) is 26.9 Å². The number of benzene rings is 1. The summed E-state index contributed by atoms with van der Waals surface area (Å²) in [4.78, 5) is 35.8. The third-order valence-electron chi connectivity index (χ3n) is 3.52. The van der Waals surface area contributed by atoms with Crippen molar-refractivity contribution >= 4 is 29.0 Å². The Morgan fingerprint density at radius 3 is 2.65 bits per heavy atom. The van der Waals surface area contributed by atoms with Gasteiger partial charge in [0.25, 0.3) is 5.91 Å². The third-order valence-corrected chi connectivity index (χ3v) is 4.38. The lowest BCUT2D eigenvalue weighted by molar-refractivity contribution is -0.144. The predicted molar refractivity (Wildman–Crippen MR) is 98.7 cm³/mol. The Hall–Kier alpha value is -2.67. The molecule has 26 heavy (non-hydrogen) atoms. The van der Waals surface area contributed by atoms with Crippen LogP contribution in [0.15, 0.2) is 35.7 Å². The van der Waals surface area contributed by atoms with E-state index in [1.54, 1.807) is 30.3 Å². The molecule has 1 amide bonds. The summed E-state index contributed by atoms with van der Waals surface area (Å²) in [5.74, 6) is -0.138. The Kier molecular flexibility index (Phi) is 7.35. The molecule has 6 nitrogen and oxygen atoms in total. The number of Topliss-reactive ketones (excluding diaryl/α,β-unsaturated/α-hetero) is 1. The Balaban J connectivity index is 1.85. The van der Waals surface area contributed by atoms with Gasteiger partial charge in [0.05, 0.1) is 17.9 Å². The SMILES string of the molecule is CCOc1ccc(C(C)=O)cc1COC(=O)CCNC(=O)c1cccs1. The van der Waals surface area contributed by atoms with E-state index in [0.717, 1.165) is 0 Å². The van der Waals surface area contributed by atoms with Gasteiger partial charge in [-0.3, -0.25) is 14.4 Å². The zero-order valence-electron chi connectivity index (χ0n) is 14.7. The lowest BCUT2D eigenvalue weighted by Gasteiger charge is -2.12. The molecule has 0 saturated heterocycles. The van der Waals surface area contributed by atoms with Crippen molar-refractivity contribution in [1.82, 2.24) is 5.32 Å². The predicted octanol–water partition coefficient (Wildman–Crippen LogP) is 3.21. The van der Waals surface area contributed by atoms with Gasteiger partial charge in [-0.1, -0.05) is 6.07 Å². The molecule has 0 atom stereocenters. The number of ketones is 1. The minimum atomic E-state index is -0.438. The molecule has 7 heteroatoms. The van der Waals surface area contributed by atoms with Crippen LogP contribution in [0.25, 0.3) is 0 Å². The number of amides is 1. The molecule has 2 rings (SSSR count). The van der Waals surface area contributed by atoms with Crippen LogP contribution in [0.5, 0.6) is 5.75 Å². The Morgan fingerprint density at radius 2 is 2.00 bits per heavy atom. The van der Waals surface area contributed by atoms with E-state index in [0.29, 0.717) is 28.4 Å². The van der Waals surface area contributed by atoms with Crippen LogP contribution >= 0.6 is 11.3 Å². The fourth-order valence-electron chi connectivity index (χ4n) is 2.21. The van der Waals surface area contributed by atoms with Crippen molar-refractivity contribution in [2.75, 3.05) is 13.2 Å². The molecule has 0 aliphatic carbocycles. The molecule has 1 N–H and O–H groups in total. The van der Waals surface area contributed by atoms with Crippen LogP contribution in [0.4, 0.5) is 0 Å². The third kappa shape index (κ3) is 5.70. The number of esters is 1. The molecule has 0 radical (unpaired) electrons. The molecule has 1 aromatic carbocycles. The molecule has 0 aliphatic rings. The molecular formula is C19H21NO5S. The van der Waals surface area contributed by atoms with Crippen molar-refractivity contribution in [2.24, 2.45) is 0 Å². The molecule has 2 aromatic rings. The molecule has 0 bridgehead atoms. The molecular weight excluding hydrogens is 354 g/mol. The summed E-state index contributed by atoms with van der Waals surface area (Å²) in [7, 11) is 0. The molecule has 0 aliphatic heterocycles. The summed E-state index contributed by atoms with van der Waals surface area (Å²) >= 11 is 1.34. The number of carbonyl (C=O) groups is 3.